The average Bonchev–Trinajstić information content (AvgIpc) is 2.73. The number of aromatic carboxylic acids is 1. The van der Waals surface area contributed by atoms with Crippen molar-refractivity contribution >= 4 is 39.8 Å². The number of aryl methyl sites for hydroxylation is 1. The molecule has 2 rings (SSSR count). The van der Waals surface area contributed by atoms with Crippen LogP contribution in [0.4, 0.5) is 5.00 Å². The minimum atomic E-state index is -0.981. The summed E-state index contributed by atoms with van der Waals surface area (Å²) in [7, 11) is 0. The largest absolute Gasteiger partial charge is 0.477 e. The van der Waals surface area contributed by atoms with Gasteiger partial charge in [-0.15, -0.1) is 11.3 Å². The Hall–Kier alpha value is -1.85. The lowest BCUT2D eigenvalue weighted by molar-refractivity contribution is -0.115. The zero-order valence-corrected chi connectivity index (χ0v) is 12.2. The van der Waals surface area contributed by atoms with Gasteiger partial charge >= 0.3 is 5.97 Å². The minimum absolute atomic E-state index is 0.189. The van der Waals surface area contributed by atoms with Gasteiger partial charge in [-0.05, 0) is 36.2 Å². The summed E-state index contributed by atoms with van der Waals surface area (Å²) in [6.45, 7) is 1.70. The molecule has 0 bridgehead atoms. The summed E-state index contributed by atoms with van der Waals surface area (Å²) in [6.07, 6.45) is 0.219. The molecule has 0 saturated heterocycles. The number of carboxylic acids is 1. The molecule has 0 aliphatic rings. The number of carbonyl (C=O) groups is 2. The molecule has 2 aromatic rings. The van der Waals surface area contributed by atoms with Crippen LogP contribution in [0.3, 0.4) is 0 Å². The van der Waals surface area contributed by atoms with Gasteiger partial charge < -0.3 is 10.4 Å². The number of rotatable bonds is 4. The quantitative estimate of drug-likeness (QED) is 0.907. The molecule has 0 aliphatic carbocycles. The van der Waals surface area contributed by atoms with Gasteiger partial charge in [-0.2, -0.15) is 0 Å². The van der Waals surface area contributed by atoms with E-state index in [1.807, 2.05) is 0 Å². The molecule has 104 valence electrons. The van der Waals surface area contributed by atoms with Gasteiger partial charge in [-0.1, -0.05) is 23.7 Å². The van der Waals surface area contributed by atoms with Crippen LogP contribution in [0.25, 0.3) is 0 Å². The van der Waals surface area contributed by atoms with Crippen LogP contribution < -0.4 is 5.32 Å². The van der Waals surface area contributed by atoms with E-state index < -0.39 is 5.97 Å². The highest BCUT2D eigenvalue weighted by atomic mass is 35.5. The van der Waals surface area contributed by atoms with E-state index in [2.05, 4.69) is 5.32 Å². The van der Waals surface area contributed by atoms with E-state index in [1.165, 1.54) is 0 Å². The van der Waals surface area contributed by atoms with Crippen molar-refractivity contribution in [3.8, 4) is 0 Å². The standard InChI is InChI=1S/C14H12ClNO3S/c1-8-6-12(20-13(8)14(18)19)16-11(17)7-9-2-4-10(15)5-3-9/h2-6H,7H2,1H3,(H,16,17)(H,18,19). The highest BCUT2D eigenvalue weighted by molar-refractivity contribution is 7.18. The van der Waals surface area contributed by atoms with Gasteiger partial charge in [0.2, 0.25) is 5.91 Å². The van der Waals surface area contributed by atoms with E-state index in [0.717, 1.165) is 16.9 Å². The summed E-state index contributed by atoms with van der Waals surface area (Å²) in [4.78, 5) is 23.0. The monoisotopic (exact) mass is 309 g/mol. The number of carbonyl (C=O) groups excluding carboxylic acids is 1. The van der Waals surface area contributed by atoms with Crippen molar-refractivity contribution in [2.75, 3.05) is 5.32 Å². The maximum absolute atomic E-state index is 11.9. The number of thiophene rings is 1. The van der Waals surface area contributed by atoms with Crippen molar-refractivity contribution in [1.29, 1.82) is 0 Å². The van der Waals surface area contributed by atoms with Gasteiger partial charge in [-0.25, -0.2) is 4.79 Å². The zero-order valence-electron chi connectivity index (χ0n) is 10.6. The summed E-state index contributed by atoms with van der Waals surface area (Å²) in [6, 6.07) is 8.67. The molecule has 20 heavy (non-hydrogen) atoms. The van der Waals surface area contributed by atoms with Crippen molar-refractivity contribution in [2.45, 2.75) is 13.3 Å². The number of amides is 1. The van der Waals surface area contributed by atoms with E-state index in [-0.39, 0.29) is 17.2 Å². The Morgan fingerprint density at radius 2 is 1.95 bits per heavy atom. The number of anilines is 1. The SMILES string of the molecule is Cc1cc(NC(=O)Cc2ccc(Cl)cc2)sc1C(=O)O. The van der Waals surface area contributed by atoms with Crippen LogP contribution in [0.15, 0.2) is 30.3 Å². The lowest BCUT2D eigenvalue weighted by Crippen LogP contribution is -2.13. The average molecular weight is 310 g/mol. The summed E-state index contributed by atoms with van der Waals surface area (Å²) in [5, 5.41) is 12.8. The third-order valence-corrected chi connectivity index (χ3v) is 4.05. The van der Waals surface area contributed by atoms with Crippen molar-refractivity contribution in [2.24, 2.45) is 0 Å². The predicted octanol–water partition coefficient (Wildman–Crippen LogP) is 3.59. The van der Waals surface area contributed by atoms with Crippen LogP contribution in [-0.4, -0.2) is 17.0 Å². The Kier molecular flexibility index (Phi) is 4.42. The number of nitrogens with one attached hydrogen (secondary N) is 1. The topological polar surface area (TPSA) is 66.4 Å². The first kappa shape index (κ1) is 14.6. The van der Waals surface area contributed by atoms with Crippen LogP contribution in [-0.2, 0) is 11.2 Å². The number of carboxylic acid groups (broad SMARTS) is 1. The normalized spacial score (nSPS) is 10.3. The molecule has 4 nitrogen and oxygen atoms in total. The summed E-state index contributed by atoms with van der Waals surface area (Å²) in [5.41, 5.74) is 1.49. The Morgan fingerprint density at radius 3 is 2.50 bits per heavy atom. The van der Waals surface area contributed by atoms with Gasteiger partial charge in [0.25, 0.3) is 0 Å². The molecular weight excluding hydrogens is 298 g/mol. The van der Waals surface area contributed by atoms with Crippen molar-refractivity contribution in [3.63, 3.8) is 0 Å². The zero-order chi connectivity index (χ0) is 14.7. The molecule has 0 saturated carbocycles. The van der Waals surface area contributed by atoms with E-state index in [9.17, 15) is 9.59 Å². The fourth-order valence-corrected chi connectivity index (χ4v) is 2.78. The highest BCUT2D eigenvalue weighted by Crippen LogP contribution is 2.26. The molecule has 2 N–H and O–H groups in total. The molecule has 1 heterocycles. The van der Waals surface area contributed by atoms with Gasteiger partial charge in [-0.3, -0.25) is 4.79 Å². The molecule has 1 aromatic carbocycles. The highest BCUT2D eigenvalue weighted by Gasteiger charge is 2.13. The molecule has 0 radical (unpaired) electrons. The van der Waals surface area contributed by atoms with Crippen LogP contribution in [0.5, 0.6) is 0 Å². The van der Waals surface area contributed by atoms with Crippen LogP contribution in [0.2, 0.25) is 5.02 Å². The molecule has 0 unspecified atom stereocenters. The van der Waals surface area contributed by atoms with Crippen molar-refractivity contribution < 1.29 is 14.7 Å². The maximum atomic E-state index is 11.9. The van der Waals surface area contributed by atoms with E-state index in [1.54, 1.807) is 37.3 Å². The molecule has 0 spiro atoms. The third-order valence-electron chi connectivity index (χ3n) is 2.65. The Morgan fingerprint density at radius 1 is 1.30 bits per heavy atom. The predicted molar refractivity (Wildman–Crippen MR) is 79.8 cm³/mol. The van der Waals surface area contributed by atoms with E-state index >= 15 is 0 Å². The first-order valence-electron chi connectivity index (χ1n) is 5.83. The molecule has 0 atom stereocenters. The number of benzene rings is 1. The second kappa shape index (κ2) is 6.07. The summed E-state index contributed by atoms with van der Waals surface area (Å²) < 4.78 is 0. The maximum Gasteiger partial charge on any atom is 0.346 e. The third kappa shape index (κ3) is 3.59. The Bertz CT molecular complexity index is 649. The van der Waals surface area contributed by atoms with E-state index in [4.69, 9.17) is 16.7 Å². The fourth-order valence-electron chi connectivity index (χ4n) is 1.73. The lowest BCUT2D eigenvalue weighted by atomic mass is 10.1. The minimum Gasteiger partial charge on any atom is -0.477 e. The number of hydrogen-bond acceptors (Lipinski definition) is 3. The van der Waals surface area contributed by atoms with Crippen molar-refractivity contribution in [3.05, 3.63) is 51.4 Å². The molecule has 6 heteroatoms. The molecule has 0 aliphatic heterocycles. The molecule has 1 aromatic heterocycles. The first-order valence-corrected chi connectivity index (χ1v) is 7.03. The lowest BCUT2D eigenvalue weighted by Gasteiger charge is -2.02. The molecular formula is C14H12ClNO3S. The molecule has 1 amide bonds. The Balaban J connectivity index is 2.03. The van der Waals surface area contributed by atoms with Gasteiger partial charge in [0.15, 0.2) is 0 Å². The number of hydrogen-bond donors (Lipinski definition) is 2. The summed E-state index contributed by atoms with van der Waals surface area (Å²) >= 11 is 6.83. The molecule has 0 fully saturated rings. The number of halogens is 1. The van der Waals surface area contributed by atoms with Crippen LogP contribution >= 0.6 is 22.9 Å². The first-order chi connectivity index (χ1) is 9.45. The van der Waals surface area contributed by atoms with Crippen LogP contribution in [0, 0.1) is 6.92 Å². The van der Waals surface area contributed by atoms with E-state index in [0.29, 0.717) is 15.6 Å². The Labute approximate surface area is 125 Å². The van der Waals surface area contributed by atoms with Gasteiger partial charge in [0.05, 0.1) is 11.4 Å². The summed E-state index contributed by atoms with van der Waals surface area (Å²) in [5.74, 6) is -1.17. The van der Waals surface area contributed by atoms with Crippen LogP contribution in [0.1, 0.15) is 20.8 Å². The smallest absolute Gasteiger partial charge is 0.346 e. The van der Waals surface area contributed by atoms with Gasteiger partial charge in [0, 0.05) is 5.02 Å². The second-order valence-electron chi connectivity index (χ2n) is 4.28. The fraction of sp³-hybridized carbons (Fsp3) is 0.143. The second-order valence-corrected chi connectivity index (χ2v) is 5.77. The van der Waals surface area contributed by atoms with Gasteiger partial charge in [0.1, 0.15) is 4.88 Å². The van der Waals surface area contributed by atoms with Crippen molar-refractivity contribution in [1.82, 2.24) is 0 Å².